The van der Waals surface area contributed by atoms with Crippen molar-refractivity contribution in [1.82, 2.24) is 4.90 Å². The Morgan fingerprint density at radius 1 is 1.35 bits per heavy atom. The number of hydrogen-bond acceptors (Lipinski definition) is 3. The lowest BCUT2D eigenvalue weighted by molar-refractivity contribution is 0.113. The second-order valence-electron chi connectivity index (χ2n) is 5.10. The Hall–Kier alpha value is -1.60. The van der Waals surface area contributed by atoms with E-state index in [-0.39, 0.29) is 18.9 Å². The van der Waals surface area contributed by atoms with Crippen LogP contribution in [-0.4, -0.2) is 36.4 Å². The summed E-state index contributed by atoms with van der Waals surface area (Å²) in [6.07, 6.45) is 0.398. The van der Waals surface area contributed by atoms with Gasteiger partial charge in [0.15, 0.2) is 5.37 Å². The fourth-order valence-corrected chi connectivity index (χ4v) is 3.75. The zero-order valence-electron chi connectivity index (χ0n) is 11.0. The van der Waals surface area contributed by atoms with Crippen molar-refractivity contribution in [2.75, 3.05) is 6.54 Å². The van der Waals surface area contributed by atoms with E-state index in [9.17, 15) is 13.2 Å². The topological polar surface area (TPSA) is 101 Å². The number of likely N-dealkylation sites (tertiary alicyclic amines) is 1. The lowest BCUT2D eigenvalue weighted by atomic mass is 9.90. The second kappa shape index (κ2) is 5.80. The van der Waals surface area contributed by atoms with E-state index in [1.807, 2.05) is 30.3 Å². The Balaban J connectivity index is 2.11. The maximum absolute atomic E-state index is 11.6. The van der Waals surface area contributed by atoms with E-state index < -0.39 is 21.5 Å². The minimum Gasteiger partial charge on any atom is -0.465 e. The van der Waals surface area contributed by atoms with Gasteiger partial charge in [0.25, 0.3) is 0 Å². The van der Waals surface area contributed by atoms with Crippen molar-refractivity contribution in [1.29, 1.82) is 0 Å². The first-order chi connectivity index (χ1) is 9.38. The molecule has 1 heterocycles. The minimum atomic E-state index is -3.90. The number of nitrogens with zero attached hydrogens (tertiary/aromatic N) is 1. The molecule has 2 unspecified atom stereocenters. The molecule has 0 aromatic heterocycles. The number of sulfonamides is 1. The van der Waals surface area contributed by atoms with Crippen molar-refractivity contribution in [3.05, 3.63) is 35.9 Å². The van der Waals surface area contributed by atoms with Crippen LogP contribution >= 0.6 is 0 Å². The molecule has 3 N–H and O–H groups in total. The number of nitrogens with two attached hydrogens (primary N) is 1. The quantitative estimate of drug-likeness (QED) is 0.876. The molecule has 1 fully saturated rings. The van der Waals surface area contributed by atoms with Gasteiger partial charge < -0.3 is 5.11 Å². The summed E-state index contributed by atoms with van der Waals surface area (Å²) in [5.41, 5.74) is 1.12. The Bertz CT molecular complexity index is 573. The zero-order chi connectivity index (χ0) is 14.8. The van der Waals surface area contributed by atoms with E-state index in [4.69, 9.17) is 10.2 Å². The minimum absolute atomic E-state index is 0.122. The lowest BCUT2D eigenvalue weighted by Crippen LogP contribution is -2.51. The summed E-state index contributed by atoms with van der Waals surface area (Å²) in [5, 5.41) is 13.1. The molecule has 1 aromatic carbocycles. The van der Waals surface area contributed by atoms with Crippen LogP contribution in [-0.2, 0) is 16.4 Å². The van der Waals surface area contributed by atoms with E-state index in [0.29, 0.717) is 6.42 Å². The van der Waals surface area contributed by atoms with Crippen LogP contribution in [0.15, 0.2) is 30.3 Å². The van der Waals surface area contributed by atoms with Crippen molar-refractivity contribution in [2.45, 2.75) is 24.6 Å². The Morgan fingerprint density at radius 2 is 2.00 bits per heavy atom. The average Bonchev–Trinajstić information content (AvgIpc) is 2.38. The smallest absolute Gasteiger partial charge is 0.408 e. The third-order valence-electron chi connectivity index (χ3n) is 3.65. The van der Waals surface area contributed by atoms with Gasteiger partial charge in [-0.05, 0) is 30.7 Å². The number of benzene rings is 1. The maximum atomic E-state index is 11.6. The van der Waals surface area contributed by atoms with Gasteiger partial charge in [-0.1, -0.05) is 30.3 Å². The first-order valence-electron chi connectivity index (χ1n) is 6.43. The highest BCUT2D eigenvalue weighted by Gasteiger charge is 2.38. The van der Waals surface area contributed by atoms with E-state index >= 15 is 0 Å². The molecule has 2 rings (SSSR count). The van der Waals surface area contributed by atoms with Crippen LogP contribution in [0.4, 0.5) is 4.79 Å². The predicted molar refractivity (Wildman–Crippen MR) is 74.5 cm³/mol. The number of rotatable bonds is 3. The molecule has 1 aliphatic rings. The van der Waals surface area contributed by atoms with Crippen LogP contribution in [0.1, 0.15) is 18.4 Å². The highest BCUT2D eigenvalue weighted by atomic mass is 32.2. The number of amides is 1. The molecule has 0 radical (unpaired) electrons. The highest BCUT2D eigenvalue weighted by molar-refractivity contribution is 7.89. The zero-order valence-corrected chi connectivity index (χ0v) is 11.8. The molecule has 1 aliphatic heterocycles. The summed E-state index contributed by atoms with van der Waals surface area (Å²) in [7, 11) is -3.90. The van der Waals surface area contributed by atoms with E-state index in [1.165, 1.54) is 0 Å². The van der Waals surface area contributed by atoms with Crippen molar-refractivity contribution in [2.24, 2.45) is 11.1 Å². The summed E-state index contributed by atoms with van der Waals surface area (Å²) in [6, 6.07) is 9.74. The molecule has 6 nitrogen and oxygen atoms in total. The van der Waals surface area contributed by atoms with Crippen LogP contribution < -0.4 is 5.14 Å². The van der Waals surface area contributed by atoms with Gasteiger partial charge in [-0.25, -0.2) is 18.4 Å². The molecule has 1 saturated heterocycles. The maximum Gasteiger partial charge on any atom is 0.408 e. The monoisotopic (exact) mass is 298 g/mol. The van der Waals surface area contributed by atoms with Gasteiger partial charge in [-0.3, -0.25) is 4.90 Å². The van der Waals surface area contributed by atoms with Crippen LogP contribution in [0, 0.1) is 5.92 Å². The molecule has 1 aromatic rings. The molecule has 2 atom stereocenters. The number of carbonyl (C=O) groups is 1. The van der Waals surface area contributed by atoms with Gasteiger partial charge in [0, 0.05) is 6.54 Å². The Morgan fingerprint density at radius 3 is 2.55 bits per heavy atom. The van der Waals surface area contributed by atoms with Gasteiger partial charge in [0.1, 0.15) is 0 Å². The van der Waals surface area contributed by atoms with Gasteiger partial charge >= 0.3 is 6.09 Å². The molecule has 0 spiro atoms. The summed E-state index contributed by atoms with van der Waals surface area (Å²) in [4.78, 5) is 12.0. The number of carboxylic acid groups (broad SMARTS) is 1. The molecule has 0 aliphatic carbocycles. The van der Waals surface area contributed by atoms with Crippen LogP contribution in [0.2, 0.25) is 0 Å². The van der Waals surface area contributed by atoms with Crippen molar-refractivity contribution in [3.8, 4) is 0 Å². The van der Waals surface area contributed by atoms with Crippen LogP contribution in [0.25, 0.3) is 0 Å². The van der Waals surface area contributed by atoms with Gasteiger partial charge in [0.05, 0.1) is 0 Å². The average molecular weight is 298 g/mol. The number of hydrogen-bond donors (Lipinski definition) is 2. The third kappa shape index (κ3) is 3.49. The fraction of sp³-hybridized carbons (Fsp3) is 0.462. The SMILES string of the molecule is NS(=O)(=O)C1CC(Cc2ccccc2)CCN1C(=O)O. The molecular formula is C13H18N2O4S. The van der Waals surface area contributed by atoms with E-state index in [2.05, 4.69) is 0 Å². The third-order valence-corrected chi connectivity index (χ3v) is 4.86. The fourth-order valence-electron chi connectivity index (χ4n) is 2.66. The lowest BCUT2D eigenvalue weighted by Gasteiger charge is -2.36. The van der Waals surface area contributed by atoms with Crippen molar-refractivity contribution >= 4 is 16.1 Å². The summed E-state index contributed by atoms with van der Waals surface area (Å²) < 4.78 is 23.1. The first kappa shape index (κ1) is 14.8. The molecule has 0 saturated carbocycles. The van der Waals surface area contributed by atoms with Crippen molar-refractivity contribution < 1.29 is 18.3 Å². The Labute approximate surface area is 118 Å². The molecular weight excluding hydrogens is 280 g/mol. The summed E-state index contributed by atoms with van der Waals surface area (Å²) in [6.45, 7) is 0.202. The van der Waals surface area contributed by atoms with Crippen LogP contribution in [0.3, 0.4) is 0 Å². The summed E-state index contributed by atoms with van der Waals surface area (Å²) in [5.74, 6) is 0.122. The standard InChI is InChI=1S/C13H18N2O4S/c14-20(18,19)12-9-11(6-7-15(12)13(16)17)8-10-4-2-1-3-5-10/h1-5,11-12H,6-9H2,(H,16,17)(H2,14,18,19). The summed E-state index contributed by atoms with van der Waals surface area (Å²) >= 11 is 0. The molecule has 1 amide bonds. The van der Waals surface area contributed by atoms with Crippen molar-refractivity contribution in [3.63, 3.8) is 0 Å². The van der Waals surface area contributed by atoms with Gasteiger partial charge in [0.2, 0.25) is 10.0 Å². The molecule has 20 heavy (non-hydrogen) atoms. The van der Waals surface area contributed by atoms with E-state index in [1.54, 1.807) is 0 Å². The molecule has 0 bridgehead atoms. The Kier molecular flexibility index (Phi) is 4.29. The largest absolute Gasteiger partial charge is 0.465 e. The molecule has 110 valence electrons. The number of piperidine rings is 1. The second-order valence-corrected chi connectivity index (χ2v) is 6.82. The first-order valence-corrected chi connectivity index (χ1v) is 8.04. The highest BCUT2D eigenvalue weighted by Crippen LogP contribution is 2.28. The van der Waals surface area contributed by atoms with Crippen LogP contribution in [0.5, 0.6) is 0 Å². The predicted octanol–water partition coefficient (Wildman–Crippen LogP) is 1.23. The van der Waals surface area contributed by atoms with E-state index in [0.717, 1.165) is 16.9 Å². The van der Waals surface area contributed by atoms with Gasteiger partial charge in [-0.2, -0.15) is 0 Å². The normalized spacial score (nSPS) is 23.6. The number of primary sulfonamides is 1. The van der Waals surface area contributed by atoms with Gasteiger partial charge in [-0.15, -0.1) is 0 Å². The molecule has 7 heteroatoms.